The van der Waals surface area contributed by atoms with Gasteiger partial charge in [0.05, 0.1) is 13.2 Å². The number of nitrogens with zero attached hydrogens (tertiary/aromatic N) is 5. The highest BCUT2D eigenvalue weighted by molar-refractivity contribution is 7.07. The molecule has 3 aromatic rings. The Balaban J connectivity index is 0.000000301. The van der Waals surface area contributed by atoms with Gasteiger partial charge >= 0.3 is 24.3 Å². The summed E-state index contributed by atoms with van der Waals surface area (Å²) in [6.07, 6.45) is -6.58. The standard InChI is InChI=1S/C17H19N5OS.2C2HF3O2/c1-2-14(8-18-4-1)11-23-12-17-20-19-16-10-21(5-6-22(16)17)9-15-3-7-24-13-15;2*3-2(4,5)1(6)7/h1-4,7-8,13H,5-6,9-12H2;2*(H,6,7). The third-order valence-corrected chi connectivity index (χ3v) is 5.33. The Labute approximate surface area is 215 Å². The van der Waals surface area contributed by atoms with E-state index in [0.717, 1.165) is 43.4 Å². The van der Waals surface area contributed by atoms with E-state index in [4.69, 9.17) is 24.5 Å². The number of aliphatic carboxylic acids is 2. The molecule has 0 amide bonds. The molecule has 0 fully saturated rings. The van der Waals surface area contributed by atoms with Gasteiger partial charge in [-0.3, -0.25) is 9.88 Å². The van der Waals surface area contributed by atoms with Crippen molar-refractivity contribution in [1.29, 1.82) is 0 Å². The molecular weight excluding hydrogens is 548 g/mol. The smallest absolute Gasteiger partial charge is 0.475 e. The predicted molar refractivity (Wildman–Crippen MR) is 119 cm³/mol. The van der Waals surface area contributed by atoms with E-state index in [-0.39, 0.29) is 0 Å². The molecule has 0 bridgehead atoms. The Morgan fingerprint density at radius 3 is 2.16 bits per heavy atom. The summed E-state index contributed by atoms with van der Waals surface area (Å²) in [7, 11) is 0. The van der Waals surface area contributed by atoms with Gasteiger partial charge in [0, 0.05) is 32.0 Å². The summed E-state index contributed by atoms with van der Waals surface area (Å²) in [4.78, 5) is 24.3. The van der Waals surface area contributed by atoms with Crippen LogP contribution in [0.1, 0.15) is 22.8 Å². The van der Waals surface area contributed by atoms with Crippen molar-refractivity contribution < 1.29 is 50.9 Å². The average Bonchev–Trinajstić information content (AvgIpc) is 3.49. The van der Waals surface area contributed by atoms with E-state index in [0.29, 0.717) is 13.2 Å². The zero-order valence-electron chi connectivity index (χ0n) is 19.3. The topological polar surface area (TPSA) is 131 Å². The molecule has 10 nitrogen and oxygen atoms in total. The molecular formula is C21H21F6N5O5S. The number of halogens is 6. The lowest BCUT2D eigenvalue weighted by Crippen LogP contribution is -2.33. The van der Waals surface area contributed by atoms with Crippen LogP contribution in [0, 0.1) is 0 Å². The zero-order valence-corrected chi connectivity index (χ0v) is 20.1. The van der Waals surface area contributed by atoms with Crippen molar-refractivity contribution in [3.63, 3.8) is 0 Å². The quantitative estimate of drug-likeness (QED) is 0.427. The van der Waals surface area contributed by atoms with Crippen LogP contribution < -0.4 is 0 Å². The highest BCUT2D eigenvalue weighted by atomic mass is 32.1. The van der Waals surface area contributed by atoms with Gasteiger partial charge in [0.25, 0.3) is 0 Å². The van der Waals surface area contributed by atoms with Gasteiger partial charge in [0.15, 0.2) is 5.82 Å². The van der Waals surface area contributed by atoms with Gasteiger partial charge in [-0.2, -0.15) is 37.7 Å². The van der Waals surface area contributed by atoms with Crippen LogP contribution in [-0.4, -0.2) is 65.7 Å². The Kier molecular flexibility index (Phi) is 11.2. The number of carboxylic acid groups (broad SMARTS) is 2. The van der Waals surface area contributed by atoms with Crippen LogP contribution in [0.4, 0.5) is 26.3 Å². The highest BCUT2D eigenvalue weighted by Gasteiger charge is 2.38. The fraction of sp³-hybridized carbons (Fsp3) is 0.381. The van der Waals surface area contributed by atoms with Gasteiger partial charge in [0.1, 0.15) is 12.4 Å². The van der Waals surface area contributed by atoms with Gasteiger partial charge in [-0.15, -0.1) is 10.2 Å². The lowest BCUT2D eigenvalue weighted by molar-refractivity contribution is -0.193. The summed E-state index contributed by atoms with van der Waals surface area (Å²) >= 11 is 1.74. The van der Waals surface area contributed by atoms with E-state index in [1.807, 2.05) is 18.3 Å². The van der Waals surface area contributed by atoms with Crippen molar-refractivity contribution in [3.05, 3.63) is 64.1 Å². The second kappa shape index (κ2) is 13.8. The van der Waals surface area contributed by atoms with Crippen molar-refractivity contribution in [2.45, 2.75) is 45.2 Å². The predicted octanol–water partition coefficient (Wildman–Crippen LogP) is 3.73. The second-order valence-electron chi connectivity index (χ2n) is 7.49. The number of alkyl halides is 6. The molecule has 0 atom stereocenters. The maximum Gasteiger partial charge on any atom is 0.490 e. The molecule has 0 saturated heterocycles. The lowest BCUT2D eigenvalue weighted by atomic mass is 10.2. The van der Waals surface area contributed by atoms with Crippen LogP contribution >= 0.6 is 11.3 Å². The van der Waals surface area contributed by atoms with Gasteiger partial charge in [-0.05, 0) is 34.0 Å². The van der Waals surface area contributed by atoms with Crippen LogP contribution in [0.15, 0.2) is 41.4 Å². The van der Waals surface area contributed by atoms with Gasteiger partial charge in [-0.1, -0.05) is 6.07 Å². The number of carbonyl (C=O) groups is 2. The van der Waals surface area contributed by atoms with E-state index < -0.39 is 24.3 Å². The lowest BCUT2D eigenvalue weighted by Gasteiger charge is -2.27. The van der Waals surface area contributed by atoms with Crippen LogP contribution in [0.25, 0.3) is 0 Å². The highest BCUT2D eigenvalue weighted by Crippen LogP contribution is 2.17. The first-order chi connectivity index (χ1) is 17.8. The number of hydrogen-bond acceptors (Lipinski definition) is 8. The average molecular weight is 569 g/mol. The molecule has 0 saturated carbocycles. The molecule has 0 spiro atoms. The SMILES string of the molecule is O=C(O)C(F)(F)F.O=C(O)C(F)(F)F.c1cncc(COCc2nnc3n2CCN(Cc2ccsc2)C3)c1. The Hall–Kier alpha value is -3.57. The van der Waals surface area contributed by atoms with Crippen molar-refractivity contribution in [2.75, 3.05) is 6.54 Å². The number of aromatic nitrogens is 4. The normalized spacial score (nSPS) is 13.4. The molecule has 0 unspecified atom stereocenters. The van der Waals surface area contributed by atoms with Crippen LogP contribution in [0.3, 0.4) is 0 Å². The van der Waals surface area contributed by atoms with E-state index in [2.05, 4.69) is 41.5 Å². The van der Waals surface area contributed by atoms with Gasteiger partial charge in [-0.25, -0.2) is 9.59 Å². The number of thiophene rings is 1. The largest absolute Gasteiger partial charge is 0.490 e. The molecule has 4 heterocycles. The fourth-order valence-electron chi connectivity index (χ4n) is 2.89. The minimum Gasteiger partial charge on any atom is -0.475 e. The Morgan fingerprint density at radius 2 is 1.63 bits per heavy atom. The number of carboxylic acids is 2. The number of rotatable bonds is 6. The molecule has 0 radical (unpaired) electrons. The maximum atomic E-state index is 10.6. The second-order valence-corrected chi connectivity index (χ2v) is 8.27. The fourth-order valence-corrected chi connectivity index (χ4v) is 3.55. The first-order valence-corrected chi connectivity index (χ1v) is 11.4. The molecule has 0 aliphatic carbocycles. The molecule has 1 aliphatic rings. The molecule has 2 N–H and O–H groups in total. The summed E-state index contributed by atoms with van der Waals surface area (Å²) in [6, 6.07) is 6.11. The van der Waals surface area contributed by atoms with E-state index in [1.165, 1.54) is 5.56 Å². The van der Waals surface area contributed by atoms with Crippen molar-refractivity contribution in [3.8, 4) is 0 Å². The van der Waals surface area contributed by atoms with Crippen molar-refractivity contribution in [1.82, 2.24) is 24.6 Å². The van der Waals surface area contributed by atoms with Gasteiger partial charge < -0.3 is 19.5 Å². The summed E-state index contributed by atoms with van der Waals surface area (Å²) < 4.78 is 71.4. The van der Waals surface area contributed by atoms with Gasteiger partial charge in [0.2, 0.25) is 0 Å². The summed E-state index contributed by atoms with van der Waals surface area (Å²) in [5.74, 6) is -3.58. The summed E-state index contributed by atoms with van der Waals surface area (Å²) in [6.45, 7) is 4.76. The van der Waals surface area contributed by atoms with Crippen LogP contribution in [0.5, 0.6) is 0 Å². The minimum absolute atomic E-state index is 0.479. The molecule has 4 rings (SSSR count). The number of fused-ring (bicyclic) bond motifs is 1. The molecule has 1 aliphatic heterocycles. The maximum absolute atomic E-state index is 10.6. The van der Waals surface area contributed by atoms with Crippen LogP contribution in [0.2, 0.25) is 0 Å². The number of hydrogen-bond donors (Lipinski definition) is 2. The summed E-state index contributed by atoms with van der Waals surface area (Å²) in [5, 5.41) is 27.2. The third-order valence-electron chi connectivity index (χ3n) is 4.60. The molecule has 208 valence electrons. The van der Waals surface area contributed by atoms with Crippen molar-refractivity contribution in [2.24, 2.45) is 0 Å². The van der Waals surface area contributed by atoms with E-state index in [1.54, 1.807) is 17.5 Å². The molecule has 38 heavy (non-hydrogen) atoms. The number of pyridine rings is 1. The van der Waals surface area contributed by atoms with E-state index in [9.17, 15) is 26.3 Å². The van der Waals surface area contributed by atoms with E-state index >= 15 is 0 Å². The first-order valence-electron chi connectivity index (χ1n) is 10.5. The monoisotopic (exact) mass is 569 g/mol. The van der Waals surface area contributed by atoms with Crippen molar-refractivity contribution >= 4 is 23.3 Å². The zero-order chi connectivity index (χ0) is 28.3. The third kappa shape index (κ3) is 10.4. The Morgan fingerprint density at radius 1 is 0.974 bits per heavy atom. The Bertz CT molecular complexity index is 1130. The molecule has 17 heteroatoms. The van der Waals surface area contributed by atoms with Crippen LogP contribution in [-0.2, 0) is 47.2 Å². The first kappa shape index (κ1) is 30.7. The minimum atomic E-state index is -5.08. The molecule has 3 aromatic heterocycles. The number of ether oxygens (including phenoxy) is 1. The molecule has 0 aromatic carbocycles. The summed E-state index contributed by atoms with van der Waals surface area (Å²) in [5.41, 5.74) is 2.44.